The summed E-state index contributed by atoms with van der Waals surface area (Å²) in [7, 11) is 0. The van der Waals surface area contributed by atoms with Gasteiger partial charge in [-0.25, -0.2) is 4.98 Å². The van der Waals surface area contributed by atoms with Crippen LogP contribution in [0, 0.1) is 0 Å². The second-order valence-electron chi connectivity index (χ2n) is 13.8. The molecule has 12 nitrogen and oxygen atoms in total. The van der Waals surface area contributed by atoms with Crippen molar-refractivity contribution in [3.63, 3.8) is 0 Å². The summed E-state index contributed by atoms with van der Waals surface area (Å²) in [6.45, 7) is 10.2. The van der Waals surface area contributed by atoms with Crippen molar-refractivity contribution in [2.75, 3.05) is 77.1 Å². The average Bonchev–Trinajstić information content (AvgIpc) is 3.16. The number of hydrogen-bond acceptors (Lipinski definition) is 10. The maximum absolute atomic E-state index is 12.9. The SMILES string of the molecule is CCN(CCNCC(O)c1ccc(O)c2[nH]c(=O)ccc12)C(=O)CCOCCc1cccc(CN2CCC3(CC2)CN(c2ccccn2)CCO3)c1. The van der Waals surface area contributed by atoms with Crippen LogP contribution in [-0.2, 0) is 27.2 Å². The van der Waals surface area contributed by atoms with E-state index in [1.807, 2.05) is 25.3 Å². The van der Waals surface area contributed by atoms with Gasteiger partial charge in [-0.1, -0.05) is 36.4 Å². The molecule has 4 N–H and O–H groups in total. The zero-order valence-electron chi connectivity index (χ0n) is 30.1. The predicted molar refractivity (Wildman–Crippen MR) is 202 cm³/mol. The fraction of sp³-hybridized carbons (Fsp3) is 0.475. The summed E-state index contributed by atoms with van der Waals surface area (Å²) >= 11 is 0. The summed E-state index contributed by atoms with van der Waals surface area (Å²) in [5.74, 6) is 1.02. The molecule has 1 amide bonds. The average molecular weight is 713 g/mol. The number of anilines is 1. The van der Waals surface area contributed by atoms with E-state index in [1.54, 1.807) is 17.0 Å². The molecule has 0 radical (unpaired) electrons. The number of nitrogens with one attached hydrogen (secondary N) is 2. The van der Waals surface area contributed by atoms with E-state index in [0.717, 1.165) is 64.4 Å². The van der Waals surface area contributed by atoms with E-state index in [-0.39, 0.29) is 29.4 Å². The summed E-state index contributed by atoms with van der Waals surface area (Å²) in [5, 5.41) is 24.7. The highest BCUT2D eigenvalue weighted by atomic mass is 16.5. The Morgan fingerprint density at radius 2 is 1.92 bits per heavy atom. The van der Waals surface area contributed by atoms with Crippen molar-refractivity contribution in [1.82, 2.24) is 25.1 Å². The summed E-state index contributed by atoms with van der Waals surface area (Å²) in [5.41, 5.74) is 3.01. The summed E-state index contributed by atoms with van der Waals surface area (Å²) in [6.07, 6.45) is 4.14. The molecule has 2 fully saturated rings. The lowest BCUT2D eigenvalue weighted by Crippen LogP contribution is -2.57. The second-order valence-corrected chi connectivity index (χ2v) is 13.8. The first kappa shape index (κ1) is 37.4. The van der Waals surface area contributed by atoms with E-state index in [9.17, 15) is 19.8 Å². The smallest absolute Gasteiger partial charge is 0.248 e. The number of fused-ring (bicyclic) bond motifs is 1. The Kier molecular flexibility index (Phi) is 12.9. The Morgan fingerprint density at radius 3 is 2.73 bits per heavy atom. The van der Waals surface area contributed by atoms with Gasteiger partial charge in [-0.15, -0.1) is 0 Å². The van der Waals surface area contributed by atoms with Crippen molar-refractivity contribution in [2.45, 2.75) is 50.9 Å². The van der Waals surface area contributed by atoms with Crippen LogP contribution in [0.2, 0.25) is 0 Å². The number of morpholine rings is 1. The van der Waals surface area contributed by atoms with Crippen molar-refractivity contribution >= 4 is 22.6 Å². The van der Waals surface area contributed by atoms with Crippen LogP contribution in [0.25, 0.3) is 10.9 Å². The molecule has 2 aromatic carbocycles. The zero-order chi connectivity index (χ0) is 36.3. The standard InChI is InChI=1S/C40H52N6O6/c1-2-45(21-18-41-27-35(48)32-9-11-34(47)39-33(32)10-12-37(49)43-39)38(50)14-24-51-23-13-30-6-5-7-31(26-30)28-44-19-15-40(16-20-44)29-46(22-25-52-40)36-8-3-4-17-42-36/h3-12,17,26,35,41,47-48H,2,13-16,18-25,27-29H2,1H3,(H,43,49). The maximum Gasteiger partial charge on any atom is 0.248 e. The summed E-state index contributed by atoms with van der Waals surface area (Å²) in [4.78, 5) is 38.4. The molecule has 6 rings (SSSR count). The number of likely N-dealkylation sites (N-methyl/N-ethyl adjacent to an activating group) is 1. The molecule has 2 aliphatic rings. The molecule has 1 unspecified atom stereocenters. The number of likely N-dealkylation sites (tertiary alicyclic amines) is 1. The van der Waals surface area contributed by atoms with Gasteiger partial charge >= 0.3 is 0 Å². The fourth-order valence-electron chi connectivity index (χ4n) is 7.33. The molecule has 4 aromatic rings. The number of aromatic nitrogens is 2. The first-order chi connectivity index (χ1) is 25.3. The van der Waals surface area contributed by atoms with E-state index < -0.39 is 6.10 Å². The zero-order valence-corrected chi connectivity index (χ0v) is 30.1. The van der Waals surface area contributed by atoms with Crippen LogP contribution < -0.4 is 15.8 Å². The summed E-state index contributed by atoms with van der Waals surface area (Å²) in [6, 6.07) is 20.9. The molecule has 0 bridgehead atoms. The Labute approximate surface area is 305 Å². The lowest BCUT2D eigenvalue weighted by Gasteiger charge is -2.47. The number of carbonyl (C=O) groups excluding carboxylic acids is 1. The number of aromatic amines is 1. The van der Waals surface area contributed by atoms with Crippen molar-refractivity contribution in [1.29, 1.82) is 0 Å². The Hall–Kier alpha value is -4.33. The number of rotatable bonds is 16. The monoisotopic (exact) mass is 712 g/mol. The van der Waals surface area contributed by atoms with Gasteiger partial charge in [0.2, 0.25) is 11.5 Å². The van der Waals surface area contributed by atoms with Crippen LogP contribution in [0.3, 0.4) is 0 Å². The van der Waals surface area contributed by atoms with Crippen molar-refractivity contribution in [3.05, 3.63) is 100.0 Å². The van der Waals surface area contributed by atoms with Crippen molar-refractivity contribution < 1.29 is 24.5 Å². The highest BCUT2D eigenvalue weighted by Crippen LogP contribution is 2.32. The van der Waals surface area contributed by atoms with Gasteiger partial charge in [0.25, 0.3) is 0 Å². The number of aliphatic hydroxyl groups is 1. The quantitative estimate of drug-likeness (QED) is 0.127. The van der Waals surface area contributed by atoms with Crippen LogP contribution in [0.15, 0.2) is 77.7 Å². The van der Waals surface area contributed by atoms with Crippen LogP contribution in [0.4, 0.5) is 5.82 Å². The third-order valence-electron chi connectivity index (χ3n) is 10.3. The highest BCUT2D eigenvalue weighted by molar-refractivity contribution is 5.87. The van der Waals surface area contributed by atoms with Gasteiger partial charge in [0.1, 0.15) is 11.6 Å². The van der Waals surface area contributed by atoms with Gasteiger partial charge in [0, 0.05) is 76.6 Å². The molecule has 0 saturated carbocycles. The summed E-state index contributed by atoms with van der Waals surface area (Å²) < 4.78 is 12.3. The minimum Gasteiger partial charge on any atom is -0.506 e. The van der Waals surface area contributed by atoms with Gasteiger partial charge < -0.3 is 39.8 Å². The molecule has 2 aliphatic heterocycles. The number of ether oxygens (including phenoxy) is 2. The molecular weight excluding hydrogens is 660 g/mol. The topological polar surface area (TPSA) is 143 Å². The lowest BCUT2D eigenvalue weighted by atomic mass is 9.89. The van der Waals surface area contributed by atoms with E-state index in [2.05, 4.69) is 55.4 Å². The number of aliphatic hydroxyl groups excluding tert-OH is 1. The molecule has 0 aliphatic carbocycles. The number of carbonyl (C=O) groups is 1. The number of benzene rings is 2. The lowest BCUT2D eigenvalue weighted by molar-refractivity contribution is -0.132. The van der Waals surface area contributed by atoms with Gasteiger partial charge in [-0.05, 0) is 67.1 Å². The normalized spacial score (nSPS) is 16.7. The van der Waals surface area contributed by atoms with Crippen molar-refractivity contribution in [2.24, 2.45) is 0 Å². The fourth-order valence-corrected chi connectivity index (χ4v) is 7.33. The van der Waals surface area contributed by atoms with E-state index >= 15 is 0 Å². The Morgan fingerprint density at radius 1 is 1.08 bits per heavy atom. The number of hydrogen-bond donors (Lipinski definition) is 4. The molecule has 2 saturated heterocycles. The third kappa shape index (κ3) is 9.75. The van der Waals surface area contributed by atoms with Gasteiger partial charge in [-0.2, -0.15) is 0 Å². The maximum atomic E-state index is 12.9. The minimum atomic E-state index is -0.854. The molecule has 4 heterocycles. The molecule has 1 spiro atoms. The Bertz CT molecular complexity index is 1810. The van der Waals surface area contributed by atoms with Crippen molar-refractivity contribution in [3.8, 4) is 5.75 Å². The van der Waals surface area contributed by atoms with Gasteiger partial charge in [-0.3, -0.25) is 14.5 Å². The number of piperidine rings is 1. The second kappa shape index (κ2) is 17.9. The largest absolute Gasteiger partial charge is 0.506 e. The van der Waals surface area contributed by atoms with Gasteiger partial charge in [0.15, 0.2) is 0 Å². The molecule has 278 valence electrons. The van der Waals surface area contributed by atoms with Crippen LogP contribution in [-0.4, -0.2) is 114 Å². The number of H-pyrrole nitrogens is 1. The highest BCUT2D eigenvalue weighted by Gasteiger charge is 2.40. The van der Waals surface area contributed by atoms with E-state index in [0.29, 0.717) is 55.7 Å². The number of aromatic hydroxyl groups is 1. The molecule has 1 atom stereocenters. The third-order valence-corrected chi connectivity index (χ3v) is 10.3. The number of pyridine rings is 2. The number of nitrogens with zero attached hydrogens (tertiary/aromatic N) is 4. The molecule has 52 heavy (non-hydrogen) atoms. The molecule has 2 aromatic heterocycles. The molecule has 12 heteroatoms. The van der Waals surface area contributed by atoms with Crippen LogP contribution in [0.1, 0.15) is 49.0 Å². The predicted octanol–water partition coefficient (Wildman–Crippen LogP) is 3.62. The number of phenolic OH excluding ortho intramolecular Hbond substituents is 1. The molecular formula is C40H52N6O6. The van der Waals surface area contributed by atoms with E-state index in [1.165, 1.54) is 23.3 Å². The van der Waals surface area contributed by atoms with Gasteiger partial charge in [0.05, 0.1) is 43.5 Å². The number of amides is 1. The van der Waals surface area contributed by atoms with Crippen LogP contribution in [0.5, 0.6) is 5.75 Å². The first-order valence-corrected chi connectivity index (χ1v) is 18.5. The Balaban J connectivity index is 0.864. The van der Waals surface area contributed by atoms with Crippen LogP contribution >= 0.6 is 0 Å². The van der Waals surface area contributed by atoms with E-state index in [4.69, 9.17) is 9.47 Å². The number of phenols is 1. The minimum absolute atomic E-state index is 0.0340. The first-order valence-electron chi connectivity index (χ1n) is 18.5.